The fraction of sp³-hybridized carbons (Fsp3) is 0.647. The number of hydrogen-bond acceptors (Lipinski definition) is 5. The molecule has 2 amide bonds. The first-order valence-electron chi connectivity index (χ1n) is 8.69. The number of piperazine rings is 1. The second kappa shape index (κ2) is 7.66. The van der Waals surface area contributed by atoms with Crippen LogP contribution >= 0.6 is 11.6 Å². The van der Waals surface area contributed by atoms with Crippen molar-refractivity contribution in [2.45, 2.75) is 38.7 Å². The molecule has 2 saturated heterocycles. The summed E-state index contributed by atoms with van der Waals surface area (Å²) in [6.45, 7) is 6.52. The highest BCUT2D eigenvalue weighted by Crippen LogP contribution is 2.20. The lowest BCUT2D eigenvalue weighted by atomic mass is 10.2. The van der Waals surface area contributed by atoms with E-state index in [-0.39, 0.29) is 34.6 Å². The van der Waals surface area contributed by atoms with E-state index in [9.17, 15) is 9.59 Å². The van der Waals surface area contributed by atoms with Crippen molar-refractivity contribution < 1.29 is 14.3 Å². The van der Waals surface area contributed by atoms with Gasteiger partial charge in [0.15, 0.2) is 5.69 Å². The molecule has 8 heteroatoms. The Bertz CT molecular complexity index is 653. The predicted octanol–water partition coefficient (Wildman–Crippen LogP) is 1.72. The Hall–Kier alpha value is -1.73. The number of amides is 2. The van der Waals surface area contributed by atoms with Crippen LogP contribution in [-0.2, 0) is 9.53 Å². The van der Waals surface area contributed by atoms with E-state index in [1.165, 1.54) is 6.20 Å². The second-order valence-electron chi connectivity index (χ2n) is 6.70. The van der Waals surface area contributed by atoms with Gasteiger partial charge in [-0.3, -0.25) is 9.59 Å². The van der Waals surface area contributed by atoms with Crippen molar-refractivity contribution in [1.29, 1.82) is 0 Å². The summed E-state index contributed by atoms with van der Waals surface area (Å²) in [7, 11) is 0. The van der Waals surface area contributed by atoms with Crippen LogP contribution in [0.3, 0.4) is 0 Å². The highest BCUT2D eigenvalue weighted by atomic mass is 35.5. The molecule has 2 aliphatic heterocycles. The molecule has 25 heavy (non-hydrogen) atoms. The Morgan fingerprint density at radius 1 is 1.24 bits per heavy atom. The summed E-state index contributed by atoms with van der Waals surface area (Å²) in [6, 6.07) is 0. The first kappa shape index (κ1) is 18.1. The molecule has 0 radical (unpaired) electrons. The number of nitrogens with zero attached hydrogens (tertiary/aromatic N) is 4. The fourth-order valence-corrected chi connectivity index (χ4v) is 3.24. The van der Waals surface area contributed by atoms with Gasteiger partial charge in [0.2, 0.25) is 0 Å². The van der Waals surface area contributed by atoms with E-state index in [1.54, 1.807) is 9.80 Å². The largest absolute Gasteiger partial charge is 0.368 e. The lowest BCUT2D eigenvalue weighted by Crippen LogP contribution is -2.53. The summed E-state index contributed by atoms with van der Waals surface area (Å²) in [6.07, 6.45) is 2.88. The van der Waals surface area contributed by atoms with Gasteiger partial charge in [0, 0.05) is 38.7 Å². The zero-order valence-electron chi connectivity index (χ0n) is 14.6. The molecule has 0 aromatic carbocycles. The van der Waals surface area contributed by atoms with Gasteiger partial charge < -0.3 is 14.5 Å². The quantitative estimate of drug-likeness (QED) is 0.814. The number of carbonyl (C=O) groups excluding carboxylic acids is 2. The van der Waals surface area contributed by atoms with Gasteiger partial charge in [0.05, 0.1) is 11.2 Å². The Labute approximate surface area is 152 Å². The van der Waals surface area contributed by atoms with E-state index in [2.05, 4.69) is 9.97 Å². The summed E-state index contributed by atoms with van der Waals surface area (Å²) in [5.41, 5.74) is 0.235. The lowest BCUT2D eigenvalue weighted by Gasteiger charge is -2.35. The van der Waals surface area contributed by atoms with Crippen LogP contribution in [0.2, 0.25) is 5.02 Å². The number of carbonyl (C=O) groups is 2. The van der Waals surface area contributed by atoms with Gasteiger partial charge in [-0.15, -0.1) is 0 Å². The monoisotopic (exact) mass is 366 g/mol. The van der Waals surface area contributed by atoms with Gasteiger partial charge in [-0.2, -0.15) is 0 Å². The maximum Gasteiger partial charge on any atom is 0.274 e. The van der Waals surface area contributed by atoms with Crippen LogP contribution in [0.1, 0.15) is 48.9 Å². The fourth-order valence-electron chi connectivity index (χ4n) is 3.06. The predicted molar refractivity (Wildman–Crippen MR) is 92.6 cm³/mol. The summed E-state index contributed by atoms with van der Waals surface area (Å²) in [4.78, 5) is 37.1. The third-order valence-corrected chi connectivity index (χ3v) is 4.84. The molecule has 7 nitrogen and oxygen atoms in total. The molecular weight excluding hydrogens is 344 g/mol. The average molecular weight is 367 g/mol. The third-order valence-electron chi connectivity index (χ3n) is 4.57. The van der Waals surface area contributed by atoms with Gasteiger partial charge in [-0.25, -0.2) is 9.97 Å². The maximum absolute atomic E-state index is 12.8. The SMILES string of the molecule is CC(C)c1ncc(Cl)c(C(=O)N2CCN(C(=O)C3CCCO3)CC2)n1. The normalized spacial score (nSPS) is 21.0. The van der Waals surface area contributed by atoms with E-state index in [0.717, 1.165) is 12.8 Å². The minimum Gasteiger partial charge on any atom is -0.368 e. The highest BCUT2D eigenvalue weighted by molar-refractivity contribution is 6.33. The molecule has 1 aromatic rings. The average Bonchev–Trinajstić information content (AvgIpc) is 3.15. The van der Waals surface area contributed by atoms with E-state index in [4.69, 9.17) is 16.3 Å². The Morgan fingerprint density at radius 3 is 2.52 bits per heavy atom. The minimum absolute atomic E-state index is 0.0340. The first-order valence-corrected chi connectivity index (χ1v) is 9.07. The molecule has 0 spiro atoms. The molecule has 3 heterocycles. The number of rotatable bonds is 3. The van der Waals surface area contributed by atoms with Gasteiger partial charge in [-0.05, 0) is 12.8 Å². The molecule has 1 unspecified atom stereocenters. The van der Waals surface area contributed by atoms with Crippen molar-refractivity contribution in [3.05, 3.63) is 22.7 Å². The number of aromatic nitrogens is 2. The summed E-state index contributed by atoms with van der Waals surface area (Å²) >= 11 is 6.13. The Morgan fingerprint density at radius 2 is 1.92 bits per heavy atom. The molecule has 0 aliphatic carbocycles. The summed E-state index contributed by atoms with van der Waals surface area (Å²) in [5.74, 6) is 0.537. The molecule has 2 aliphatic rings. The molecule has 136 valence electrons. The number of ether oxygens (including phenoxy) is 1. The van der Waals surface area contributed by atoms with Crippen molar-refractivity contribution >= 4 is 23.4 Å². The molecule has 2 fully saturated rings. The molecule has 1 aromatic heterocycles. The second-order valence-corrected chi connectivity index (χ2v) is 7.11. The van der Waals surface area contributed by atoms with Crippen LogP contribution < -0.4 is 0 Å². The Balaban J connectivity index is 1.63. The zero-order chi connectivity index (χ0) is 18.0. The molecule has 1 atom stereocenters. The summed E-state index contributed by atoms with van der Waals surface area (Å²) in [5, 5.41) is 0.257. The van der Waals surface area contributed by atoms with Crippen LogP contribution in [0.15, 0.2) is 6.20 Å². The van der Waals surface area contributed by atoms with E-state index >= 15 is 0 Å². The van der Waals surface area contributed by atoms with E-state index in [1.807, 2.05) is 13.8 Å². The molecule has 3 rings (SSSR count). The maximum atomic E-state index is 12.8. The highest BCUT2D eigenvalue weighted by Gasteiger charge is 2.32. The lowest BCUT2D eigenvalue weighted by molar-refractivity contribution is -0.142. The van der Waals surface area contributed by atoms with Crippen molar-refractivity contribution in [3.8, 4) is 0 Å². The van der Waals surface area contributed by atoms with Gasteiger partial charge >= 0.3 is 0 Å². The molecule has 0 N–H and O–H groups in total. The van der Waals surface area contributed by atoms with Crippen LogP contribution in [-0.4, -0.2) is 70.5 Å². The van der Waals surface area contributed by atoms with Crippen LogP contribution in [0, 0.1) is 0 Å². The third kappa shape index (κ3) is 3.93. The molecule has 0 saturated carbocycles. The first-order chi connectivity index (χ1) is 12.0. The van der Waals surface area contributed by atoms with E-state index < -0.39 is 0 Å². The van der Waals surface area contributed by atoms with Crippen molar-refractivity contribution in [1.82, 2.24) is 19.8 Å². The van der Waals surface area contributed by atoms with Gasteiger partial charge in [0.25, 0.3) is 11.8 Å². The van der Waals surface area contributed by atoms with Gasteiger partial charge in [-0.1, -0.05) is 25.4 Å². The molecular formula is C17H23ClN4O3. The topological polar surface area (TPSA) is 75.6 Å². The van der Waals surface area contributed by atoms with Crippen LogP contribution in [0.25, 0.3) is 0 Å². The smallest absolute Gasteiger partial charge is 0.274 e. The summed E-state index contributed by atoms with van der Waals surface area (Å²) < 4.78 is 5.46. The van der Waals surface area contributed by atoms with Crippen LogP contribution in [0.4, 0.5) is 0 Å². The molecule has 0 bridgehead atoms. The zero-order valence-corrected chi connectivity index (χ0v) is 15.3. The minimum atomic E-state index is -0.313. The van der Waals surface area contributed by atoms with Crippen LogP contribution in [0.5, 0.6) is 0 Å². The van der Waals surface area contributed by atoms with Gasteiger partial charge in [0.1, 0.15) is 11.9 Å². The number of halogens is 1. The number of hydrogen-bond donors (Lipinski definition) is 0. The Kier molecular flexibility index (Phi) is 5.54. The van der Waals surface area contributed by atoms with E-state index in [0.29, 0.717) is 38.6 Å². The van der Waals surface area contributed by atoms with Crippen molar-refractivity contribution in [3.63, 3.8) is 0 Å². The van der Waals surface area contributed by atoms with Crippen molar-refractivity contribution in [2.75, 3.05) is 32.8 Å². The van der Waals surface area contributed by atoms with Crippen molar-refractivity contribution in [2.24, 2.45) is 0 Å². The standard InChI is InChI=1S/C17H23ClN4O3/c1-11(2)15-19-10-12(18)14(20-15)17(24)22-7-5-21(6-8-22)16(23)13-4-3-9-25-13/h10-11,13H,3-9H2,1-2H3.